The summed E-state index contributed by atoms with van der Waals surface area (Å²) in [7, 11) is 0. The number of hydrogen-bond acceptors (Lipinski definition) is 2. The van der Waals surface area contributed by atoms with Crippen LogP contribution >= 0.6 is 0 Å². The molecule has 4 nitrogen and oxygen atoms in total. The Labute approximate surface area is 113 Å². The van der Waals surface area contributed by atoms with Crippen molar-refractivity contribution in [1.82, 2.24) is 4.90 Å². The van der Waals surface area contributed by atoms with Gasteiger partial charge in [0.1, 0.15) is 5.41 Å². The highest BCUT2D eigenvalue weighted by molar-refractivity contribution is 6.01. The lowest BCUT2D eigenvalue weighted by molar-refractivity contribution is -0.157. The maximum atomic E-state index is 12.2. The Kier molecular flexibility index (Phi) is 3.60. The lowest BCUT2D eigenvalue weighted by Gasteiger charge is -2.25. The molecule has 0 spiro atoms. The highest BCUT2D eigenvalue weighted by atomic mass is 16.4. The third-order valence-electron chi connectivity index (χ3n) is 3.82. The zero-order valence-electron chi connectivity index (χ0n) is 11.3. The molecule has 19 heavy (non-hydrogen) atoms. The van der Waals surface area contributed by atoms with E-state index in [1.165, 1.54) is 19.4 Å². The first kappa shape index (κ1) is 13.6. The number of rotatable bonds is 3. The lowest BCUT2D eigenvalue weighted by Crippen LogP contribution is -2.44. The molecule has 1 saturated heterocycles. The van der Waals surface area contributed by atoms with Crippen LogP contribution in [0.2, 0.25) is 0 Å². The van der Waals surface area contributed by atoms with Crippen LogP contribution < -0.4 is 0 Å². The van der Waals surface area contributed by atoms with Crippen molar-refractivity contribution in [1.29, 1.82) is 0 Å². The molecule has 1 atom stereocenters. The van der Waals surface area contributed by atoms with Crippen LogP contribution in [0.5, 0.6) is 0 Å². The summed E-state index contributed by atoms with van der Waals surface area (Å²) in [6, 6.07) is 10.1. The Morgan fingerprint density at radius 1 is 1.26 bits per heavy atom. The molecule has 0 radical (unpaired) electrons. The summed E-state index contributed by atoms with van der Waals surface area (Å²) >= 11 is 0. The summed E-state index contributed by atoms with van der Waals surface area (Å²) < 4.78 is 0. The van der Waals surface area contributed by atoms with Crippen molar-refractivity contribution in [2.45, 2.75) is 26.2 Å². The van der Waals surface area contributed by atoms with Crippen LogP contribution in [0.25, 0.3) is 0 Å². The van der Waals surface area contributed by atoms with Gasteiger partial charge in [0.2, 0.25) is 5.91 Å². The molecule has 0 aliphatic carbocycles. The maximum Gasteiger partial charge on any atom is 0.318 e. The van der Waals surface area contributed by atoms with Crippen molar-refractivity contribution in [2.75, 3.05) is 13.1 Å². The van der Waals surface area contributed by atoms with E-state index in [0.29, 0.717) is 19.0 Å². The minimum atomic E-state index is -1.34. The predicted octanol–water partition coefficient (Wildman–Crippen LogP) is 2.11. The van der Waals surface area contributed by atoms with Gasteiger partial charge in [-0.1, -0.05) is 30.3 Å². The average molecular weight is 261 g/mol. The smallest absolute Gasteiger partial charge is 0.318 e. The number of aliphatic carboxylic acids is 1. The molecule has 0 aromatic heterocycles. The van der Waals surface area contributed by atoms with Crippen LogP contribution in [0.1, 0.15) is 31.7 Å². The van der Waals surface area contributed by atoms with Crippen molar-refractivity contribution in [3.8, 4) is 0 Å². The van der Waals surface area contributed by atoms with Crippen LogP contribution in [-0.4, -0.2) is 35.0 Å². The third kappa shape index (κ3) is 2.62. The fourth-order valence-corrected chi connectivity index (χ4v) is 2.43. The standard InChI is InChI=1S/C15H19NO3/c1-15(2,14(18)19)13(17)16-9-8-12(10-16)11-6-4-3-5-7-11/h3-7,12H,8-10H2,1-2H3,(H,18,19). The molecule has 102 valence electrons. The van der Waals surface area contributed by atoms with Crippen LogP contribution in [-0.2, 0) is 9.59 Å². The molecular formula is C15H19NO3. The SMILES string of the molecule is CC(C)(C(=O)O)C(=O)N1CCC(c2ccccc2)C1. The van der Waals surface area contributed by atoms with Gasteiger partial charge in [-0.15, -0.1) is 0 Å². The molecule has 1 aromatic rings. The van der Waals surface area contributed by atoms with Crippen LogP contribution in [0.3, 0.4) is 0 Å². The summed E-state index contributed by atoms with van der Waals surface area (Å²) in [6.45, 7) is 4.18. The molecular weight excluding hydrogens is 242 g/mol. The van der Waals surface area contributed by atoms with E-state index < -0.39 is 11.4 Å². The molecule has 1 fully saturated rings. The molecule has 0 saturated carbocycles. The minimum Gasteiger partial charge on any atom is -0.480 e. The second-order valence-corrected chi connectivity index (χ2v) is 5.58. The fraction of sp³-hybridized carbons (Fsp3) is 0.467. The number of carbonyl (C=O) groups is 2. The van der Waals surface area contributed by atoms with Crippen molar-refractivity contribution >= 4 is 11.9 Å². The Bertz CT molecular complexity index is 481. The van der Waals surface area contributed by atoms with Crippen LogP contribution in [0.4, 0.5) is 0 Å². The van der Waals surface area contributed by atoms with Gasteiger partial charge in [-0.05, 0) is 25.8 Å². The van der Waals surface area contributed by atoms with Gasteiger partial charge in [-0.25, -0.2) is 0 Å². The van der Waals surface area contributed by atoms with Crippen molar-refractivity contribution in [2.24, 2.45) is 5.41 Å². The predicted molar refractivity (Wildman–Crippen MR) is 71.8 cm³/mol. The minimum absolute atomic E-state index is 0.293. The number of benzene rings is 1. The zero-order valence-corrected chi connectivity index (χ0v) is 11.3. The van der Waals surface area contributed by atoms with Crippen molar-refractivity contribution < 1.29 is 14.7 Å². The number of likely N-dealkylation sites (tertiary alicyclic amines) is 1. The number of carbonyl (C=O) groups excluding carboxylic acids is 1. The molecule has 1 heterocycles. The van der Waals surface area contributed by atoms with E-state index in [0.717, 1.165) is 6.42 Å². The number of carboxylic acids is 1. The van der Waals surface area contributed by atoms with Gasteiger partial charge < -0.3 is 10.0 Å². The molecule has 1 N–H and O–H groups in total. The normalized spacial score (nSPS) is 19.5. The molecule has 1 aliphatic heterocycles. The summed E-state index contributed by atoms with van der Waals surface area (Å²) in [4.78, 5) is 25.0. The van der Waals surface area contributed by atoms with E-state index in [-0.39, 0.29) is 5.91 Å². The Hall–Kier alpha value is -1.84. The van der Waals surface area contributed by atoms with Crippen molar-refractivity contribution in [3.05, 3.63) is 35.9 Å². The summed E-state index contributed by atoms with van der Waals surface area (Å²) in [6.07, 6.45) is 0.894. The molecule has 4 heteroatoms. The van der Waals surface area contributed by atoms with E-state index in [2.05, 4.69) is 12.1 Å². The number of amides is 1. The molecule has 1 amide bonds. The highest BCUT2D eigenvalue weighted by Crippen LogP contribution is 2.30. The Balaban J connectivity index is 2.07. The van der Waals surface area contributed by atoms with Crippen molar-refractivity contribution in [3.63, 3.8) is 0 Å². The summed E-state index contributed by atoms with van der Waals surface area (Å²) in [5, 5.41) is 9.11. The summed E-state index contributed by atoms with van der Waals surface area (Å²) in [5.74, 6) is -1.05. The van der Waals surface area contributed by atoms with Gasteiger partial charge in [0, 0.05) is 19.0 Å². The Morgan fingerprint density at radius 3 is 2.47 bits per heavy atom. The maximum absolute atomic E-state index is 12.2. The fourth-order valence-electron chi connectivity index (χ4n) is 2.43. The molecule has 1 aliphatic rings. The van der Waals surface area contributed by atoms with Gasteiger partial charge in [-0.2, -0.15) is 0 Å². The monoisotopic (exact) mass is 261 g/mol. The van der Waals surface area contributed by atoms with Gasteiger partial charge in [0.15, 0.2) is 0 Å². The van der Waals surface area contributed by atoms with E-state index >= 15 is 0 Å². The van der Waals surface area contributed by atoms with E-state index in [4.69, 9.17) is 5.11 Å². The van der Waals surface area contributed by atoms with E-state index in [9.17, 15) is 9.59 Å². The molecule has 0 bridgehead atoms. The highest BCUT2D eigenvalue weighted by Gasteiger charge is 2.41. The Morgan fingerprint density at radius 2 is 1.89 bits per heavy atom. The first-order valence-electron chi connectivity index (χ1n) is 6.50. The zero-order chi connectivity index (χ0) is 14.0. The van der Waals surface area contributed by atoms with Crippen LogP contribution in [0.15, 0.2) is 30.3 Å². The van der Waals surface area contributed by atoms with E-state index in [1.54, 1.807) is 4.90 Å². The molecule has 1 unspecified atom stereocenters. The first-order valence-corrected chi connectivity index (χ1v) is 6.50. The summed E-state index contributed by atoms with van der Waals surface area (Å²) in [5.41, 5.74) is -0.128. The largest absolute Gasteiger partial charge is 0.480 e. The van der Waals surface area contributed by atoms with Crippen LogP contribution in [0, 0.1) is 5.41 Å². The first-order chi connectivity index (χ1) is 8.93. The second kappa shape index (κ2) is 5.03. The van der Waals surface area contributed by atoms with Gasteiger partial charge >= 0.3 is 5.97 Å². The topological polar surface area (TPSA) is 57.6 Å². The van der Waals surface area contributed by atoms with Gasteiger partial charge in [0.25, 0.3) is 0 Å². The van der Waals surface area contributed by atoms with E-state index in [1.807, 2.05) is 18.2 Å². The quantitative estimate of drug-likeness (QED) is 0.848. The third-order valence-corrected chi connectivity index (χ3v) is 3.82. The molecule has 1 aromatic carbocycles. The number of nitrogens with zero attached hydrogens (tertiary/aromatic N) is 1. The lowest BCUT2D eigenvalue weighted by atomic mass is 9.92. The number of carboxylic acid groups (broad SMARTS) is 1. The van der Waals surface area contributed by atoms with Gasteiger partial charge in [0.05, 0.1) is 0 Å². The molecule has 2 rings (SSSR count). The average Bonchev–Trinajstić information content (AvgIpc) is 2.88. The van der Waals surface area contributed by atoms with Gasteiger partial charge in [-0.3, -0.25) is 9.59 Å². The second-order valence-electron chi connectivity index (χ2n) is 5.58. The number of hydrogen-bond donors (Lipinski definition) is 1.